The van der Waals surface area contributed by atoms with E-state index >= 15 is 0 Å². The van der Waals surface area contributed by atoms with Crippen molar-refractivity contribution in [1.82, 2.24) is 19.8 Å². The van der Waals surface area contributed by atoms with Gasteiger partial charge in [0, 0.05) is 43.1 Å². The van der Waals surface area contributed by atoms with Crippen molar-refractivity contribution in [3.8, 4) is 17.6 Å². The number of likely N-dealkylation sites (tertiary alicyclic amines) is 1. The summed E-state index contributed by atoms with van der Waals surface area (Å²) in [5.74, 6) is 5.94. The molecule has 13 heteroatoms. The lowest BCUT2D eigenvalue weighted by molar-refractivity contribution is -0.139. The SMILES string of the molecule is COc1cc(S(C)(=O)=O)ccc1NCC#Cc1cc(C(=O)N[C@H]2CCN(C(C)C)C[C@@H]2C)c2ncn(CC(F)(F)F)c2c1. The van der Waals surface area contributed by atoms with Crippen molar-refractivity contribution in [1.29, 1.82) is 0 Å². The number of benzene rings is 2. The Morgan fingerprint density at radius 1 is 1.23 bits per heavy atom. The molecule has 1 aromatic heterocycles. The standard InChI is InChI=1S/C30H36F3N5O4S/c1-19(2)37-12-10-24(20(3)16-37)36-29(39)23-13-21(14-26-28(23)35-18-38(26)17-30(31,32)33)7-6-11-34-25-9-8-22(43(5,40)41)15-27(25)42-4/h8-9,13-15,18-20,24,34H,10-12,16-17H2,1-5H3,(H,36,39)/t20-,24-/m0/s1. The van der Waals surface area contributed by atoms with Crippen LogP contribution in [0.25, 0.3) is 11.0 Å². The predicted molar refractivity (Wildman–Crippen MR) is 159 cm³/mol. The number of fused-ring (bicyclic) bond motifs is 1. The van der Waals surface area contributed by atoms with E-state index in [0.29, 0.717) is 23.0 Å². The largest absolute Gasteiger partial charge is 0.495 e. The van der Waals surface area contributed by atoms with E-state index in [0.717, 1.165) is 36.7 Å². The number of carbonyl (C=O) groups excluding carboxylic acids is 1. The van der Waals surface area contributed by atoms with Gasteiger partial charge in [-0.15, -0.1) is 0 Å². The fourth-order valence-corrected chi connectivity index (χ4v) is 5.81. The van der Waals surface area contributed by atoms with E-state index in [-0.39, 0.29) is 40.0 Å². The number of imidazole rings is 1. The van der Waals surface area contributed by atoms with Gasteiger partial charge in [0.1, 0.15) is 17.8 Å². The number of hydrogen-bond donors (Lipinski definition) is 2. The van der Waals surface area contributed by atoms with Gasteiger partial charge in [0.05, 0.1) is 41.6 Å². The zero-order valence-electron chi connectivity index (χ0n) is 24.7. The van der Waals surface area contributed by atoms with Crippen LogP contribution < -0.4 is 15.4 Å². The first-order chi connectivity index (χ1) is 20.2. The number of carbonyl (C=O) groups is 1. The first-order valence-electron chi connectivity index (χ1n) is 13.9. The summed E-state index contributed by atoms with van der Waals surface area (Å²) >= 11 is 0. The second-order valence-electron chi connectivity index (χ2n) is 11.1. The van der Waals surface area contributed by atoms with Crippen molar-refractivity contribution >= 4 is 32.5 Å². The number of hydrogen-bond acceptors (Lipinski definition) is 7. The van der Waals surface area contributed by atoms with Crippen LogP contribution in [0.4, 0.5) is 18.9 Å². The third-order valence-electron chi connectivity index (χ3n) is 7.50. The van der Waals surface area contributed by atoms with Crippen LogP contribution in [0.5, 0.6) is 5.75 Å². The predicted octanol–water partition coefficient (Wildman–Crippen LogP) is 4.32. The van der Waals surface area contributed by atoms with Crippen molar-refractivity contribution < 1.29 is 31.1 Å². The molecule has 0 radical (unpaired) electrons. The van der Waals surface area contributed by atoms with Crippen LogP contribution >= 0.6 is 0 Å². The van der Waals surface area contributed by atoms with Gasteiger partial charge in [0.15, 0.2) is 9.84 Å². The van der Waals surface area contributed by atoms with Crippen LogP contribution in [0.1, 0.15) is 43.1 Å². The van der Waals surface area contributed by atoms with E-state index in [9.17, 15) is 26.4 Å². The minimum Gasteiger partial charge on any atom is -0.495 e. The van der Waals surface area contributed by atoms with Crippen molar-refractivity contribution in [3.63, 3.8) is 0 Å². The van der Waals surface area contributed by atoms with Crippen LogP contribution in [-0.2, 0) is 16.4 Å². The first kappa shape index (κ1) is 32.2. The molecule has 0 saturated carbocycles. The van der Waals surface area contributed by atoms with Gasteiger partial charge in [-0.1, -0.05) is 18.8 Å². The number of methoxy groups -OCH3 is 1. The van der Waals surface area contributed by atoms with E-state index in [2.05, 4.69) is 53.1 Å². The number of ether oxygens (including phenoxy) is 1. The quantitative estimate of drug-likeness (QED) is 0.362. The van der Waals surface area contributed by atoms with Gasteiger partial charge >= 0.3 is 6.18 Å². The highest BCUT2D eigenvalue weighted by molar-refractivity contribution is 7.90. The topological polar surface area (TPSA) is 106 Å². The van der Waals surface area contributed by atoms with E-state index in [4.69, 9.17) is 4.74 Å². The van der Waals surface area contributed by atoms with Crippen molar-refractivity contribution in [3.05, 3.63) is 47.8 Å². The monoisotopic (exact) mass is 619 g/mol. The number of sulfone groups is 1. The summed E-state index contributed by atoms with van der Waals surface area (Å²) < 4.78 is 69.8. The summed E-state index contributed by atoms with van der Waals surface area (Å²) in [4.78, 5) is 20.1. The lowest BCUT2D eigenvalue weighted by atomic mass is 9.92. The summed E-state index contributed by atoms with van der Waals surface area (Å²) in [5, 5.41) is 6.14. The smallest absolute Gasteiger partial charge is 0.406 e. The minimum atomic E-state index is -4.48. The Morgan fingerprint density at radius 3 is 2.60 bits per heavy atom. The maximum Gasteiger partial charge on any atom is 0.406 e. The fraction of sp³-hybridized carbons (Fsp3) is 0.467. The third-order valence-corrected chi connectivity index (χ3v) is 8.61. The highest BCUT2D eigenvalue weighted by Gasteiger charge is 2.31. The Bertz CT molecular complexity index is 1660. The molecule has 1 amide bonds. The van der Waals surface area contributed by atoms with Crippen molar-refractivity contribution in [2.45, 2.75) is 56.9 Å². The average Bonchev–Trinajstić information content (AvgIpc) is 3.31. The maximum atomic E-state index is 13.5. The summed E-state index contributed by atoms with van der Waals surface area (Å²) in [6.07, 6.45) is -1.53. The number of nitrogens with one attached hydrogen (secondary N) is 2. The number of piperidine rings is 1. The van der Waals surface area contributed by atoms with Crippen LogP contribution in [0.3, 0.4) is 0 Å². The molecule has 0 bridgehead atoms. The number of aromatic nitrogens is 2. The molecule has 2 heterocycles. The lowest BCUT2D eigenvalue weighted by Gasteiger charge is -2.39. The molecule has 0 unspecified atom stereocenters. The van der Waals surface area contributed by atoms with Crippen LogP contribution in [0.2, 0.25) is 0 Å². The summed E-state index contributed by atoms with van der Waals surface area (Å²) in [5.41, 5.74) is 1.36. The van der Waals surface area contributed by atoms with Crippen molar-refractivity contribution in [2.75, 3.05) is 38.3 Å². The molecule has 1 aliphatic heterocycles. The Kier molecular flexibility index (Phi) is 9.61. The molecule has 0 aliphatic carbocycles. The normalized spacial score (nSPS) is 17.9. The second kappa shape index (κ2) is 12.9. The third kappa shape index (κ3) is 8.00. The van der Waals surface area contributed by atoms with Crippen LogP contribution in [0, 0.1) is 17.8 Å². The molecule has 4 rings (SSSR count). The molecule has 0 spiro atoms. The molecule has 2 aromatic carbocycles. The van der Waals surface area contributed by atoms with E-state index in [1.54, 1.807) is 12.1 Å². The van der Waals surface area contributed by atoms with Gasteiger partial charge in [-0.05, 0) is 50.5 Å². The van der Waals surface area contributed by atoms with Crippen LogP contribution in [-0.4, -0.2) is 80.0 Å². The summed E-state index contributed by atoms with van der Waals surface area (Å²) in [6, 6.07) is 7.76. The molecular formula is C30H36F3N5O4S. The molecule has 232 valence electrons. The Morgan fingerprint density at radius 2 is 1.98 bits per heavy atom. The number of amides is 1. The number of rotatable bonds is 8. The Labute approximate surface area is 249 Å². The minimum absolute atomic E-state index is 0.0854. The average molecular weight is 620 g/mol. The summed E-state index contributed by atoms with van der Waals surface area (Å²) in [6.45, 7) is 6.87. The molecule has 1 saturated heterocycles. The second-order valence-corrected chi connectivity index (χ2v) is 13.1. The van der Waals surface area contributed by atoms with Gasteiger partial charge in [-0.2, -0.15) is 13.2 Å². The molecule has 2 atom stereocenters. The highest BCUT2D eigenvalue weighted by atomic mass is 32.2. The highest BCUT2D eigenvalue weighted by Crippen LogP contribution is 2.28. The van der Waals surface area contributed by atoms with E-state index < -0.39 is 28.5 Å². The molecule has 43 heavy (non-hydrogen) atoms. The van der Waals surface area contributed by atoms with Crippen LogP contribution in [0.15, 0.2) is 41.6 Å². The number of anilines is 1. The number of alkyl halides is 3. The van der Waals surface area contributed by atoms with Gasteiger partial charge < -0.3 is 24.8 Å². The van der Waals surface area contributed by atoms with Gasteiger partial charge in [0.25, 0.3) is 5.91 Å². The lowest BCUT2D eigenvalue weighted by Crippen LogP contribution is -2.51. The molecule has 1 fully saturated rings. The molecule has 2 N–H and O–H groups in total. The maximum absolute atomic E-state index is 13.5. The van der Waals surface area contributed by atoms with E-state index in [1.807, 2.05) is 0 Å². The zero-order chi connectivity index (χ0) is 31.5. The number of nitrogens with zero attached hydrogens (tertiary/aromatic N) is 3. The zero-order valence-corrected chi connectivity index (χ0v) is 25.6. The van der Waals surface area contributed by atoms with Gasteiger partial charge in [-0.25, -0.2) is 13.4 Å². The molecular weight excluding hydrogens is 583 g/mol. The summed E-state index contributed by atoms with van der Waals surface area (Å²) in [7, 11) is -2.00. The van der Waals surface area contributed by atoms with E-state index in [1.165, 1.54) is 25.3 Å². The molecule has 1 aliphatic rings. The Hall–Kier alpha value is -3.76. The molecule has 3 aromatic rings. The van der Waals surface area contributed by atoms with Crippen molar-refractivity contribution in [2.24, 2.45) is 5.92 Å². The van der Waals surface area contributed by atoms with Gasteiger partial charge in [0.2, 0.25) is 0 Å². The first-order valence-corrected chi connectivity index (χ1v) is 15.8. The Balaban J connectivity index is 1.60. The van der Waals surface area contributed by atoms with Gasteiger partial charge in [-0.3, -0.25) is 4.79 Å². The number of halogens is 3. The fourth-order valence-electron chi connectivity index (χ4n) is 5.17. The molecule has 9 nitrogen and oxygen atoms in total.